The third kappa shape index (κ3) is 6.60. The number of nitrogens with one attached hydrogen (secondary N) is 2. The van der Waals surface area contributed by atoms with E-state index < -0.39 is 59.9 Å². The maximum atomic E-state index is 13.9. The van der Waals surface area contributed by atoms with E-state index >= 15 is 0 Å². The molecule has 6 rings (SSSR count). The molecule has 2 unspecified atom stereocenters. The number of ether oxygens (including phenoxy) is 3. The molecule has 270 valence electrons. The molecule has 1 aromatic carbocycles. The molecule has 1 fully saturated rings. The van der Waals surface area contributed by atoms with Crippen molar-refractivity contribution in [3.05, 3.63) is 62.9 Å². The van der Waals surface area contributed by atoms with Gasteiger partial charge >= 0.3 is 17.9 Å². The highest BCUT2D eigenvalue weighted by Crippen LogP contribution is 2.38. The Morgan fingerprint density at radius 2 is 1.86 bits per heavy atom. The Morgan fingerprint density at radius 1 is 1.10 bits per heavy atom. The largest absolute Gasteiger partial charge is 0.466 e. The fourth-order valence-corrected chi connectivity index (χ4v) is 7.30. The van der Waals surface area contributed by atoms with Crippen molar-refractivity contribution in [2.45, 2.75) is 90.8 Å². The minimum Gasteiger partial charge on any atom is -0.466 e. The minimum atomic E-state index is -1.54. The number of hydrogen-bond acceptors (Lipinski definition) is 11. The third-order valence-electron chi connectivity index (χ3n) is 9.93. The number of aryl methyl sites for hydroxylation is 1. The van der Waals surface area contributed by atoms with Crippen LogP contribution in [0.1, 0.15) is 75.3 Å². The van der Waals surface area contributed by atoms with Crippen LogP contribution in [-0.4, -0.2) is 82.5 Å². The summed E-state index contributed by atoms with van der Waals surface area (Å²) in [7, 11) is 1.55. The lowest BCUT2D eigenvalue weighted by molar-refractivity contribution is -0.173. The summed E-state index contributed by atoms with van der Waals surface area (Å²) in [6.45, 7) is 7.67. The van der Waals surface area contributed by atoms with Gasteiger partial charge in [0.1, 0.15) is 18.7 Å². The average Bonchev–Trinajstić information content (AvgIpc) is 3.75. The van der Waals surface area contributed by atoms with Crippen LogP contribution in [0.25, 0.3) is 22.3 Å². The molecule has 1 saturated heterocycles. The first-order valence-corrected chi connectivity index (χ1v) is 17.5. The van der Waals surface area contributed by atoms with Crippen LogP contribution in [0.2, 0.25) is 0 Å². The summed E-state index contributed by atoms with van der Waals surface area (Å²) in [6.07, 6.45) is -0.103. The fourth-order valence-electron chi connectivity index (χ4n) is 7.30. The second kappa shape index (κ2) is 14.6. The number of amides is 2. The van der Waals surface area contributed by atoms with Crippen LogP contribution in [0.4, 0.5) is 0 Å². The van der Waals surface area contributed by atoms with Gasteiger partial charge in [-0.3, -0.25) is 19.2 Å². The van der Waals surface area contributed by atoms with Crippen molar-refractivity contribution < 1.29 is 38.2 Å². The Bertz CT molecular complexity index is 1970. The molecule has 14 heteroatoms. The van der Waals surface area contributed by atoms with E-state index in [2.05, 4.69) is 17.6 Å². The van der Waals surface area contributed by atoms with Gasteiger partial charge in [-0.05, 0) is 56.8 Å². The number of esters is 3. The smallest absolute Gasteiger partial charge is 0.352 e. The van der Waals surface area contributed by atoms with Gasteiger partial charge in [-0.15, -0.1) is 0 Å². The standard InChI is InChI=1S/C37H43N5O9/c1-6-20-21-11-8-9-12-25(21)39-31-23(20)17-42-28(31)15-22-24(34(42)45)18-50-37(48)32(22)51-36(47)30(19(3)4)40-33(44)27-13-10-14-41(27)35(46)26(38-5)16-29(43)49-7-2/h8-9,11-12,15,19,26-27,30,32,38H,6-7,10,13-14,16-18H2,1-5H3,(H,40,44)/t26?,27-,30-,32?/m0/s1. The molecule has 3 aliphatic rings. The monoisotopic (exact) mass is 701 g/mol. The number of likely N-dealkylation sites (N-methyl/N-ethyl adjacent to an activating group) is 1. The van der Waals surface area contributed by atoms with E-state index in [1.807, 2.05) is 24.3 Å². The fraction of sp³-hybridized carbons (Fsp3) is 0.486. The van der Waals surface area contributed by atoms with Crippen molar-refractivity contribution in [3.8, 4) is 11.4 Å². The molecule has 0 saturated carbocycles. The summed E-state index contributed by atoms with van der Waals surface area (Å²) in [4.78, 5) is 86.2. The molecule has 2 aromatic heterocycles. The topological polar surface area (TPSA) is 175 Å². The number of benzene rings is 1. The number of aromatic nitrogens is 2. The molecule has 2 amide bonds. The Labute approximate surface area is 294 Å². The van der Waals surface area contributed by atoms with Crippen LogP contribution in [0.15, 0.2) is 35.1 Å². The van der Waals surface area contributed by atoms with Crippen molar-refractivity contribution in [2.24, 2.45) is 5.92 Å². The van der Waals surface area contributed by atoms with Crippen LogP contribution in [0.5, 0.6) is 0 Å². The van der Waals surface area contributed by atoms with E-state index in [1.54, 1.807) is 38.5 Å². The summed E-state index contributed by atoms with van der Waals surface area (Å²) in [5.74, 6) is -3.72. The molecule has 14 nitrogen and oxygen atoms in total. The number of hydrogen-bond donors (Lipinski definition) is 2. The van der Waals surface area contributed by atoms with E-state index in [4.69, 9.17) is 19.2 Å². The number of rotatable bonds is 11. The van der Waals surface area contributed by atoms with Crippen LogP contribution in [-0.2, 0) is 57.8 Å². The van der Waals surface area contributed by atoms with Crippen LogP contribution >= 0.6 is 0 Å². The van der Waals surface area contributed by atoms with Gasteiger partial charge in [-0.2, -0.15) is 0 Å². The van der Waals surface area contributed by atoms with Gasteiger partial charge in [0.15, 0.2) is 0 Å². The van der Waals surface area contributed by atoms with Crippen molar-refractivity contribution >= 4 is 40.6 Å². The van der Waals surface area contributed by atoms with Crippen LogP contribution in [0, 0.1) is 5.92 Å². The number of para-hydroxylation sites is 1. The summed E-state index contributed by atoms with van der Waals surface area (Å²) in [6, 6.07) is 6.50. The van der Waals surface area contributed by atoms with Gasteiger partial charge in [0.2, 0.25) is 17.9 Å². The number of nitrogens with zero attached hydrogens (tertiary/aromatic N) is 3. The summed E-state index contributed by atoms with van der Waals surface area (Å²) < 4.78 is 17.7. The molecule has 5 heterocycles. The lowest BCUT2D eigenvalue weighted by Crippen LogP contribution is -2.55. The molecule has 4 atom stereocenters. The van der Waals surface area contributed by atoms with Gasteiger partial charge in [-0.1, -0.05) is 39.0 Å². The molecule has 0 radical (unpaired) electrons. The highest BCUT2D eigenvalue weighted by atomic mass is 16.6. The first-order chi connectivity index (χ1) is 24.5. The maximum absolute atomic E-state index is 13.9. The summed E-state index contributed by atoms with van der Waals surface area (Å²) >= 11 is 0. The predicted molar refractivity (Wildman–Crippen MR) is 184 cm³/mol. The number of cyclic esters (lactones) is 1. The molecular formula is C37H43N5O9. The molecular weight excluding hydrogens is 658 g/mol. The second-order valence-corrected chi connectivity index (χ2v) is 13.3. The number of carbonyl (C=O) groups is 5. The van der Waals surface area contributed by atoms with Gasteiger partial charge in [0.05, 0.1) is 48.1 Å². The third-order valence-corrected chi connectivity index (χ3v) is 9.93. The van der Waals surface area contributed by atoms with E-state index in [-0.39, 0.29) is 36.3 Å². The second-order valence-electron chi connectivity index (χ2n) is 13.3. The summed E-state index contributed by atoms with van der Waals surface area (Å²) in [5.41, 5.74) is 4.03. The van der Waals surface area contributed by atoms with Crippen molar-refractivity contribution in [1.29, 1.82) is 0 Å². The lowest BCUT2D eigenvalue weighted by atomic mass is 9.97. The zero-order valence-electron chi connectivity index (χ0n) is 29.4. The Kier molecular flexibility index (Phi) is 10.2. The number of fused-ring (bicyclic) bond motifs is 5. The van der Waals surface area contributed by atoms with Crippen molar-refractivity contribution in [2.75, 3.05) is 20.2 Å². The average molecular weight is 702 g/mol. The van der Waals surface area contributed by atoms with Crippen molar-refractivity contribution in [3.63, 3.8) is 0 Å². The lowest BCUT2D eigenvalue weighted by Gasteiger charge is -2.30. The highest BCUT2D eigenvalue weighted by molar-refractivity contribution is 5.94. The Morgan fingerprint density at radius 3 is 2.57 bits per heavy atom. The van der Waals surface area contributed by atoms with Crippen molar-refractivity contribution in [1.82, 2.24) is 25.1 Å². The first kappa shape index (κ1) is 35.7. The SMILES string of the molecule is CCOC(=O)CC(NC)C(=O)N1CCC[C@H]1C(=O)N[C@H](C(=O)OC1C(=O)OCc2c1cc1n(c2=O)Cc2c-1nc1ccccc1c2CC)C(C)C. The molecule has 0 spiro atoms. The molecule has 3 aromatic rings. The van der Waals surface area contributed by atoms with Crippen LogP contribution < -0.4 is 16.2 Å². The summed E-state index contributed by atoms with van der Waals surface area (Å²) in [5, 5.41) is 6.58. The number of carbonyl (C=O) groups excluding carboxylic acids is 5. The number of pyridine rings is 2. The minimum absolute atomic E-state index is 0.177. The molecule has 3 aliphatic heterocycles. The van der Waals surface area contributed by atoms with E-state index in [0.29, 0.717) is 37.3 Å². The molecule has 2 N–H and O–H groups in total. The predicted octanol–water partition coefficient (Wildman–Crippen LogP) is 2.30. The normalized spacial score (nSPS) is 18.8. The quantitative estimate of drug-likeness (QED) is 0.173. The molecule has 51 heavy (non-hydrogen) atoms. The van der Waals surface area contributed by atoms with E-state index in [9.17, 15) is 28.8 Å². The molecule has 0 bridgehead atoms. The van der Waals surface area contributed by atoms with E-state index in [0.717, 1.165) is 28.5 Å². The Balaban J connectivity index is 1.24. The molecule has 0 aliphatic carbocycles. The number of likely N-dealkylation sites (tertiary alicyclic amines) is 1. The van der Waals surface area contributed by atoms with Gasteiger partial charge in [-0.25, -0.2) is 14.6 Å². The van der Waals surface area contributed by atoms with Gasteiger partial charge in [0.25, 0.3) is 5.56 Å². The zero-order chi connectivity index (χ0) is 36.6. The zero-order valence-corrected chi connectivity index (χ0v) is 29.4. The first-order valence-electron chi connectivity index (χ1n) is 17.5. The Hall–Kier alpha value is -5.11. The van der Waals surface area contributed by atoms with E-state index in [1.165, 1.54) is 4.90 Å². The van der Waals surface area contributed by atoms with Crippen LogP contribution in [0.3, 0.4) is 0 Å². The highest BCUT2D eigenvalue weighted by Gasteiger charge is 2.42. The van der Waals surface area contributed by atoms with Gasteiger partial charge in [0, 0.05) is 23.1 Å². The maximum Gasteiger partial charge on any atom is 0.352 e. The van der Waals surface area contributed by atoms with Gasteiger partial charge < -0.3 is 34.3 Å².